The van der Waals surface area contributed by atoms with Crippen LogP contribution in [0.5, 0.6) is 0 Å². The van der Waals surface area contributed by atoms with E-state index in [1.807, 2.05) is 7.11 Å². The van der Waals surface area contributed by atoms with Gasteiger partial charge >= 0.3 is 0 Å². The van der Waals surface area contributed by atoms with Gasteiger partial charge < -0.3 is 4.74 Å². The van der Waals surface area contributed by atoms with Crippen LogP contribution in [0, 0.1) is 11.8 Å². The summed E-state index contributed by atoms with van der Waals surface area (Å²) in [6.45, 7) is 0. The second-order valence-corrected chi connectivity index (χ2v) is 4.84. The van der Waals surface area contributed by atoms with E-state index in [0.29, 0.717) is 17.9 Å². The summed E-state index contributed by atoms with van der Waals surface area (Å²) in [6, 6.07) is 0. The van der Waals surface area contributed by atoms with Crippen molar-refractivity contribution in [3.63, 3.8) is 0 Å². The number of allylic oxidation sites excluding steroid dienone is 6. The summed E-state index contributed by atoms with van der Waals surface area (Å²) in [5.41, 5.74) is 0. The van der Waals surface area contributed by atoms with Crippen LogP contribution in [0.4, 0.5) is 0 Å². The number of unbranched alkanes of at least 4 members (excludes halogenated alkanes) is 1. The molecule has 0 heterocycles. The van der Waals surface area contributed by atoms with Gasteiger partial charge in [-0.05, 0) is 18.8 Å². The highest BCUT2D eigenvalue weighted by Gasteiger charge is 2.17. The smallest absolute Gasteiger partial charge is 0.0668 e. The lowest BCUT2D eigenvalue weighted by molar-refractivity contribution is 0.0736. The van der Waals surface area contributed by atoms with Crippen molar-refractivity contribution >= 4 is 0 Å². The molecule has 2 rings (SSSR count). The highest BCUT2D eigenvalue weighted by atomic mass is 16.5. The lowest BCUT2D eigenvalue weighted by Gasteiger charge is -2.19. The van der Waals surface area contributed by atoms with Crippen LogP contribution in [-0.4, -0.2) is 13.2 Å². The van der Waals surface area contributed by atoms with Crippen molar-refractivity contribution in [2.75, 3.05) is 7.11 Å². The maximum absolute atomic E-state index is 5.58. The number of ether oxygens (including phenoxy) is 1. The summed E-state index contributed by atoms with van der Waals surface area (Å²) in [5, 5.41) is 0. The third-order valence-corrected chi connectivity index (χ3v) is 3.61. The molecule has 0 spiro atoms. The molecule has 1 heteroatoms. The lowest BCUT2D eigenvalue weighted by atomic mass is 9.96. The van der Waals surface area contributed by atoms with E-state index in [0.717, 1.165) is 6.42 Å². The molecule has 17 heavy (non-hydrogen) atoms. The molecule has 2 aliphatic carbocycles. The molecule has 0 saturated carbocycles. The minimum atomic E-state index is 0.361. The molecule has 1 atom stereocenters. The Morgan fingerprint density at radius 2 is 1.59 bits per heavy atom. The fourth-order valence-electron chi connectivity index (χ4n) is 2.56. The van der Waals surface area contributed by atoms with E-state index in [-0.39, 0.29) is 0 Å². The molecule has 0 N–H and O–H groups in total. The molecule has 0 fully saturated rings. The minimum Gasteiger partial charge on any atom is -0.381 e. The van der Waals surface area contributed by atoms with Gasteiger partial charge in [0.1, 0.15) is 0 Å². The zero-order valence-electron chi connectivity index (χ0n) is 10.6. The molecule has 0 aromatic carbocycles. The molecule has 0 aromatic rings. The van der Waals surface area contributed by atoms with Gasteiger partial charge in [0, 0.05) is 13.0 Å². The Morgan fingerprint density at radius 3 is 2.24 bits per heavy atom. The van der Waals surface area contributed by atoms with E-state index >= 15 is 0 Å². The lowest BCUT2D eigenvalue weighted by Crippen LogP contribution is -2.18. The molecule has 0 saturated heterocycles. The molecule has 92 valence electrons. The van der Waals surface area contributed by atoms with Gasteiger partial charge in [0.25, 0.3) is 0 Å². The summed E-state index contributed by atoms with van der Waals surface area (Å²) in [7, 11) is 1.83. The summed E-state index contributed by atoms with van der Waals surface area (Å²) in [6.07, 6.45) is 22.9. The first-order valence-electron chi connectivity index (χ1n) is 6.63. The molecule has 1 nitrogen and oxygen atoms in total. The second-order valence-electron chi connectivity index (χ2n) is 4.84. The van der Waals surface area contributed by atoms with Gasteiger partial charge in [-0.3, -0.25) is 0 Å². The Labute approximate surface area is 105 Å². The maximum Gasteiger partial charge on any atom is 0.0668 e. The quantitative estimate of drug-likeness (QED) is 0.600. The monoisotopic (exact) mass is 230 g/mol. The van der Waals surface area contributed by atoms with E-state index in [9.17, 15) is 0 Å². The fraction of sp³-hybridized carbons (Fsp3) is 0.500. The predicted molar refractivity (Wildman–Crippen MR) is 72.8 cm³/mol. The predicted octanol–water partition coefficient (Wildman–Crippen LogP) is 4.05. The van der Waals surface area contributed by atoms with Crippen molar-refractivity contribution in [3.05, 3.63) is 48.6 Å². The standard InChI is InChI=1S/C16H22O/c1-17-16(15-11-5-6-12-15)13-7-4-10-14-8-2-3-9-14/h2-3,5-6,8-9,11-12,14-16H,4,7,10,13H2,1H3/t16-/m1/s1. The van der Waals surface area contributed by atoms with Gasteiger partial charge in [0.15, 0.2) is 0 Å². The average Bonchev–Trinajstić information content (AvgIpc) is 3.01. The van der Waals surface area contributed by atoms with Crippen LogP contribution in [0.1, 0.15) is 25.7 Å². The van der Waals surface area contributed by atoms with E-state index in [2.05, 4.69) is 48.6 Å². The molecule has 0 bridgehead atoms. The van der Waals surface area contributed by atoms with Crippen molar-refractivity contribution in [2.45, 2.75) is 31.8 Å². The van der Waals surface area contributed by atoms with Crippen LogP contribution < -0.4 is 0 Å². The molecular formula is C16H22O. The summed E-state index contributed by atoms with van der Waals surface area (Å²) >= 11 is 0. The van der Waals surface area contributed by atoms with Gasteiger partial charge in [0.2, 0.25) is 0 Å². The first-order valence-corrected chi connectivity index (χ1v) is 6.63. The zero-order chi connectivity index (χ0) is 11.9. The van der Waals surface area contributed by atoms with E-state index in [1.165, 1.54) is 19.3 Å². The SMILES string of the molecule is CO[C@H](CCCCC1C=CC=C1)C1C=CC=C1. The van der Waals surface area contributed by atoms with Gasteiger partial charge in [-0.2, -0.15) is 0 Å². The number of methoxy groups -OCH3 is 1. The van der Waals surface area contributed by atoms with Crippen molar-refractivity contribution in [3.8, 4) is 0 Å². The van der Waals surface area contributed by atoms with Crippen LogP contribution in [0.2, 0.25) is 0 Å². The van der Waals surface area contributed by atoms with Gasteiger partial charge in [-0.1, -0.05) is 61.4 Å². The summed E-state index contributed by atoms with van der Waals surface area (Å²) in [5.74, 6) is 1.17. The Bertz CT molecular complexity index is 311. The van der Waals surface area contributed by atoms with Crippen molar-refractivity contribution in [1.29, 1.82) is 0 Å². The Balaban J connectivity index is 1.62. The molecule has 0 unspecified atom stereocenters. The highest BCUT2D eigenvalue weighted by Crippen LogP contribution is 2.23. The largest absolute Gasteiger partial charge is 0.381 e. The maximum atomic E-state index is 5.58. The van der Waals surface area contributed by atoms with Crippen LogP contribution in [-0.2, 0) is 4.74 Å². The number of hydrogen-bond acceptors (Lipinski definition) is 1. The first kappa shape index (κ1) is 12.4. The Morgan fingerprint density at radius 1 is 0.941 bits per heavy atom. The van der Waals surface area contributed by atoms with Gasteiger partial charge in [-0.15, -0.1) is 0 Å². The van der Waals surface area contributed by atoms with Crippen molar-refractivity contribution in [1.82, 2.24) is 0 Å². The molecule has 0 radical (unpaired) electrons. The third-order valence-electron chi connectivity index (χ3n) is 3.61. The van der Waals surface area contributed by atoms with Crippen LogP contribution >= 0.6 is 0 Å². The molecule has 0 amide bonds. The molecule has 0 aliphatic heterocycles. The van der Waals surface area contributed by atoms with E-state index < -0.39 is 0 Å². The van der Waals surface area contributed by atoms with Crippen LogP contribution in [0.3, 0.4) is 0 Å². The normalized spacial score (nSPS) is 20.8. The fourth-order valence-corrected chi connectivity index (χ4v) is 2.56. The Kier molecular flexibility index (Phi) is 4.81. The van der Waals surface area contributed by atoms with Gasteiger partial charge in [0.05, 0.1) is 6.10 Å². The highest BCUT2D eigenvalue weighted by molar-refractivity contribution is 5.19. The average molecular weight is 230 g/mol. The molecule has 0 aromatic heterocycles. The van der Waals surface area contributed by atoms with E-state index in [4.69, 9.17) is 4.74 Å². The van der Waals surface area contributed by atoms with Crippen molar-refractivity contribution in [2.24, 2.45) is 11.8 Å². The number of hydrogen-bond donors (Lipinski definition) is 0. The van der Waals surface area contributed by atoms with Gasteiger partial charge in [-0.25, -0.2) is 0 Å². The minimum absolute atomic E-state index is 0.361. The summed E-state index contributed by atoms with van der Waals surface area (Å²) in [4.78, 5) is 0. The van der Waals surface area contributed by atoms with Crippen molar-refractivity contribution < 1.29 is 4.74 Å². The van der Waals surface area contributed by atoms with Crippen LogP contribution in [0.15, 0.2) is 48.6 Å². The van der Waals surface area contributed by atoms with Crippen LogP contribution in [0.25, 0.3) is 0 Å². The molecule has 2 aliphatic rings. The topological polar surface area (TPSA) is 9.23 Å². The Hall–Kier alpha value is -1.08. The second kappa shape index (κ2) is 6.61. The zero-order valence-corrected chi connectivity index (χ0v) is 10.6. The summed E-state index contributed by atoms with van der Waals surface area (Å²) < 4.78 is 5.58. The first-order chi connectivity index (χ1) is 8.40. The van der Waals surface area contributed by atoms with E-state index in [1.54, 1.807) is 0 Å². The number of rotatable bonds is 7. The third kappa shape index (κ3) is 3.71. The molecular weight excluding hydrogens is 208 g/mol.